The molecule has 2 atom stereocenters. The molecule has 1 heterocycles. The van der Waals surface area contributed by atoms with Gasteiger partial charge in [0.2, 0.25) is 11.8 Å². The monoisotopic (exact) mass is 571 g/mol. The number of likely N-dealkylation sites (tertiary alicyclic amines) is 1. The number of aliphatic imine (C=N–C) groups is 1. The molecular weight excluding hydrogens is 530 g/mol. The number of amidine groups is 1. The van der Waals surface area contributed by atoms with E-state index in [0.717, 1.165) is 48.3 Å². The van der Waals surface area contributed by atoms with Gasteiger partial charge in [-0.15, -0.1) is 0 Å². The minimum absolute atomic E-state index is 0.0331. The van der Waals surface area contributed by atoms with Crippen molar-refractivity contribution in [3.05, 3.63) is 107 Å². The third kappa shape index (κ3) is 9.20. The molecule has 0 aromatic heterocycles. The maximum atomic E-state index is 13.8. The van der Waals surface area contributed by atoms with Crippen molar-refractivity contribution in [3.8, 4) is 0 Å². The largest absolute Gasteiger partial charge is 0.384 e. The number of nitrogens with two attached hydrogens (primary N) is 1. The predicted octanol–water partition coefficient (Wildman–Crippen LogP) is 4.85. The number of rotatable bonds is 14. The first-order chi connectivity index (χ1) is 20.0. The fourth-order valence-corrected chi connectivity index (χ4v) is 5.71. The van der Waals surface area contributed by atoms with Crippen LogP contribution >= 0.6 is 11.9 Å². The Labute approximate surface area is 248 Å². The summed E-state index contributed by atoms with van der Waals surface area (Å²) in [5.74, 6) is 1.14. The molecule has 41 heavy (non-hydrogen) atoms. The first-order valence-corrected chi connectivity index (χ1v) is 15.5. The predicted molar refractivity (Wildman–Crippen MR) is 168 cm³/mol. The molecule has 0 saturated carbocycles. The SMILES string of the molecule is CCCCN=C(N)c1ccc(CNC(=O)C2CCCN2C(=O)C(Cc2ccccc2)NSCc2ccccc2)cc1. The minimum atomic E-state index is -0.470. The molecule has 0 radical (unpaired) electrons. The molecule has 3 aromatic rings. The van der Waals surface area contributed by atoms with E-state index in [-0.39, 0.29) is 11.8 Å². The van der Waals surface area contributed by atoms with Gasteiger partial charge < -0.3 is 16.0 Å². The summed E-state index contributed by atoms with van der Waals surface area (Å²) in [6, 6.07) is 27.1. The average molecular weight is 572 g/mol. The van der Waals surface area contributed by atoms with Crippen LogP contribution in [0.1, 0.15) is 54.9 Å². The van der Waals surface area contributed by atoms with E-state index in [9.17, 15) is 9.59 Å². The molecular formula is C33H41N5O2S. The lowest BCUT2D eigenvalue weighted by Crippen LogP contribution is -2.52. The van der Waals surface area contributed by atoms with Crippen molar-refractivity contribution < 1.29 is 9.59 Å². The first-order valence-electron chi connectivity index (χ1n) is 14.5. The van der Waals surface area contributed by atoms with Gasteiger partial charge in [0.15, 0.2) is 0 Å². The number of nitrogens with one attached hydrogen (secondary N) is 2. The van der Waals surface area contributed by atoms with Crippen LogP contribution in [0.15, 0.2) is 89.9 Å². The van der Waals surface area contributed by atoms with E-state index < -0.39 is 12.1 Å². The van der Waals surface area contributed by atoms with E-state index in [4.69, 9.17) is 5.73 Å². The van der Waals surface area contributed by atoms with Gasteiger partial charge in [0, 0.05) is 31.0 Å². The smallest absolute Gasteiger partial charge is 0.243 e. The third-order valence-corrected chi connectivity index (χ3v) is 8.17. The number of carbonyl (C=O) groups excluding carboxylic acids is 2. The quantitative estimate of drug-likeness (QED) is 0.111. The average Bonchev–Trinajstić information content (AvgIpc) is 3.51. The second-order valence-corrected chi connectivity index (χ2v) is 11.2. The molecule has 3 aromatic carbocycles. The standard InChI is InChI=1S/C33H41N5O2S/c1-2-3-20-35-31(34)28-18-16-26(17-19-28)23-36-32(39)30-15-10-21-38(30)33(40)29(22-25-11-6-4-7-12-25)37-41-24-27-13-8-5-9-14-27/h4-9,11-14,16-19,29-30,37H,2-3,10,15,20-24H2,1H3,(H2,34,35)(H,36,39). The van der Waals surface area contributed by atoms with Crippen LogP contribution in [-0.4, -0.2) is 47.7 Å². The Bertz CT molecular complexity index is 1270. The Morgan fingerprint density at radius 2 is 1.66 bits per heavy atom. The minimum Gasteiger partial charge on any atom is -0.384 e. The fourth-order valence-electron chi connectivity index (χ4n) is 4.88. The molecule has 2 unspecified atom stereocenters. The van der Waals surface area contributed by atoms with Gasteiger partial charge in [0.25, 0.3) is 0 Å². The van der Waals surface area contributed by atoms with Crippen LogP contribution in [0.25, 0.3) is 0 Å². The molecule has 1 aliphatic heterocycles. The van der Waals surface area contributed by atoms with Gasteiger partial charge in [-0.05, 0) is 42.4 Å². The van der Waals surface area contributed by atoms with Gasteiger partial charge in [-0.25, -0.2) is 0 Å². The molecule has 4 rings (SSSR count). The Kier molecular flexibility index (Phi) is 11.8. The number of nitrogens with zero attached hydrogens (tertiary/aromatic N) is 2. The molecule has 1 aliphatic rings. The summed E-state index contributed by atoms with van der Waals surface area (Å²) in [4.78, 5) is 33.3. The van der Waals surface area contributed by atoms with Crippen LogP contribution in [0.2, 0.25) is 0 Å². The Morgan fingerprint density at radius 3 is 2.34 bits per heavy atom. The van der Waals surface area contributed by atoms with Crippen molar-refractivity contribution in [2.75, 3.05) is 13.1 Å². The molecule has 2 amide bonds. The number of benzene rings is 3. The van der Waals surface area contributed by atoms with E-state index in [1.807, 2.05) is 72.8 Å². The molecule has 8 heteroatoms. The number of amides is 2. The lowest BCUT2D eigenvalue weighted by atomic mass is 10.0. The number of hydrogen-bond acceptors (Lipinski definition) is 5. The number of hydrogen-bond donors (Lipinski definition) is 3. The Morgan fingerprint density at radius 1 is 0.976 bits per heavy atom. The number of unbranched alkanes of at least 4 members (excludes halogenated alkanes) is 1. The zero-order valence-electron chi connectivity index (χ0n) is 23.8. The summed E-state index contributed by atoms with van der Waals surface area (Å²) in [6.07, 6.45) is 4.13. The summed E-state index contributed by atoms with van der Waals surface area (Å²) in [5.41, 5.74) is 10.2. The van der Waals surface area contributed by atoms with Gasteiger partial charge in [0.1, 0.15) is 17.9 Å². The summed E-state index contributed by atoms with van der Waals surface area (Å²) in [7, 11) is 0. The highest BCUT2D eigenvalue weighted by Gasteiger charge is 2.37. The topological polar surface area (TPSA) is 99.8 Å². The van der Waals surface area contributed by atoms with Crippen molar-refractivity contribution in [2.24, 2.45) is 10.7 Å². The molecule has 4 N–H and O–H groups in total. The zero-order valence-corrected chi connectivity index (χ0v) is 24.6. The zero-order chi connectivity index (χ0) is 28.9. The van der Waals surface area contributed by atoms with Crippen LogP contribution in [-0.2, 0) is 28.3 Å². The Balaban J connectivity index is 1.36. The fraction of sp³-hybridized carbons (Fsp3) is 0.364. The van der Waals surface area contributed by atoms with Crippen LogP contribution in [0.3, 0.4) is 0 Å². The maximum absolute atomic E-state index is 13.8. The van der Waals surface area contributed by atoms with E-state index >= 15 is 0 Å². The summed E-state index contributed by atoms with van der Waals surface area (Å²) >= 11 is 1.53. The van der Waals surface area contributed by atoms with Gasteiger partial charge >= 0.3 is 0 Å². The normalized spacial score (nSPS) is 16.0. The van der Waals surface area contributed by atoms with E-state index in [2.05, 4.69) is 34.1 Å². The number of carbonyl (C=O) groups is 2. The van der Waals surface area contributed by atoms with Crippen molar-refractivity contribution in [1.29, 1.82) is 0 Å². The van der Waals surface area contributed by atoms with Crippen LogP contribution < -0.4 is 15.8 Å². The Hall–Kier alpha value is -3.62. The van der Waals surface area contributed by atoms with Crippen LogP contribution in [0, 0.1) is 0 Å². The molecule has 1 saturated heterocycles. The first kappa shape index (κ1) is 30.3. The van der Waals surface area contributed by atoms with Gasteiger partial charge in [0.05, 0.1) is 0 Å². The lowest BCUT2D eigenvalue weighted by molar-refractivity contribution is -0.139. The van der Waals surface area contributed by atoms with E-state index in [0.29, 0.717) is 31.8 Å². The van der Waals surface area contributed by atoms with E-state index in [1.165, 1.54) is 17.5 Å². The van der Waals surface area contributed by atoms with Crippen molar-refractivity contribution >= 4 is 29.6 Å². The third-order valence-electron chi connectivity index (χ3n) is 7.24. The summed E-state index contributed by atoms with van der Waals surface area (Å²) in [6.45, 7) is 3.83. The van der Waals surface area contributed by atoms with Gasteiger partial charge in [-0.3, -0.25) is 19.3 Å². The van der Waals surface area contributed by atoms with Crippen molar-refractivity contribution in [3.63, 3.8) is 0 Å². The molecule has 216 valence electrons. The highest BCUT2D eigenvalue weighted by Crippen LogP contribution is 2.21. The molecule has 0 aliphatic carbocycles. The van der Waals surface area contributed by atoms with Crippen LogP contribution in [0.4, 0.5) is 0 Å². The molecule has 0 bridgehead atoms. The van der Waals surface area contributed by atoms with Gasteiger partial charge in [-0.2, -0.15) is 0 Å². The molecule has 7 nitrogen and oxygen atoms in total. The van der Waals surface area contributed by atoms with Crippen LogP contribution in [0.5, 0.6) is 0 Å². The highest BCUT2D eigenvalue weighted by atomic mass is 32.2. The summed E-state index contributed by atoms with van der Waals surface area (Å²) < 4.78 is 3.41. The molecule has 1 fully saturated rings. The lowest BCUT2D eigenvalue weighted by Gasteiger charge is -2.28. The van der Waals surface area contributed by atoms with Gasteiger partial charge in [-0.1, -0.05) is 110 Å². The second kappa shape index (κ2) is 16.0. The second-order valence-electron chi connectivity index (χ2n) is 10.4. The van der Waals surface area contributed by atoms with Crippen molar-refractivity contribution in [1.82, 2.24) is 14.9 Å². The van der Waals surface area contributed by atoms with Crippen molar-refractivity contribution in [2.45, 2.75) is 63.4 Å². The molecule has 0 spiro atoms. The maximum Gasteiger partial charge on any atom is 0.243 e. The highest BCUT2D eigenvalue weighted by molar-refractivity contribution is 7.96. The summed E-state index contributed by atoms with van der Waals surface area (Å²) in [5, 5.41) is 3.05. The van der Waals surface area contributed by atoms with E-state index in [1.54, 1.807) is 4.90 Å².